The lowest BCUT2D eigenvalue weighted by Crippen LogP contribution is -2.51. The lowest BCUT2D eigenvalue weighted by atomic mass is 9.94. The molecule has 3 nitrogen and oxygen atoms in total. The van der Waals surface area contributed by atoms with Gasteiger partial charge in [0.25, 0.3) is 0 Å². The van der Waals surface area contributed by atoms with E-state index >= 15 is 0 Å². The number of hydrazine groups is 1. The van der Waals surface area contributed by atoms with Crippen LogP contribution in [0.1, 0.15) is 20.3 Å². The van der Waals surface area contributed by atoms with Gasteiger partial charge in [-0.1, -0.05) is 12.8 Å². The first-order valence-electron chi connectivity index (χ1n) is 3.62. The van der Waals surface area contributed by atoms with Gasteiger partial charge < -0.3 is 4.74 Å². The summed E-state index contributed by atoms with van der Waals surface area (Å²) in [5.74, 6) is 7.78. The summed E-state index contributed by atoms with van der Waals surface area (Å²) in [5, 5.41) is 0. The molecule has 11 heavy (non-hydrogen) atoms. The Labute approximate surface area is 68.3 Å². The van der Waals surface area contributed by atoms with Crippen molar-refractivity contribution in [2.24, 2.45) is 5.84 Å². The zero-order chi connectivity index (χ0) is 8.91. The first-order chi connectivity index (χ1) is 5.14. The maximum absolute atomic E-state index is 5.25. The largest absolute Gasteiger partial charge is 0.376 e. The van der Waals surface area contributed by atoms with Crippen LogP contribution in [-0.4, -0.2) is 18.8 Å². The zero-order valence-electron chi connectivity index (χ0n) is 7.35. The molecule has 3 heteroatoms. The molecule has 2 unspecified atom stereocenters. The topological polar surface area (TPSA) is 47.3 Å². The number of ether oxygens (including phenoxy) is 1. The quantitative estimate of drug-likeness (QED) is 0.349. The van der Waals surface area contributed by atoms with Crippen LogP contribution in [0.15, 0.2) is 0 Å². The third kappa shape index (κ3) is 2.19. The summed E-state index contributed by atoms with van der Waals surface area (Å²) < 4.78 is 5.25. The third-order valence-electron chi connectivity index (χ3n) is 2.11. The maximum atomic E-state index is 5.25. The van der Waals surface area contributed by atoms with Gasteiger partial charge in [0.2, 0.25) is 0 Å². The number of rotatable bonds is 4. The van der Waals surface area contributed by atoms with Crippen LogP contribution in [0, 0.1) is 12.3 Å². The van der Waals surface area contributed by atoms with E-state index in [2.05, 4.69) is 11.3 Å². The van der Waals surface area contributed by atoms with Crippen molar-refractivity contribution in [3.8, 4) is 12.3 Å². The molecule has 0 bridgehead atoms. The summed E-state index contributed by atoms with van der Waals surface area (Å²) in [5.41, 5.74) is 2.16. The molecule has 0 fully saturated rings. The standard InChI is InChI=1S/C8H16N2O/c1-5-7(10-9)8(3,6-2)11-4/h1,7,10H,6,9H2,2-4H3. The Bertz CT molecular complexity index is 147. The van der Waals surface area contributed by atoms with Gasteiger partial charge in [0.1, 0.15) is 6.04 Å². The average molecular weight is 156 g/mol. The molecule has 0 aliphatic heterocycles. The summed E-state index contributed by atoms with van der Waals surface area (Å²) in [4.78, 5) is 0. The van der Waals surface area contributed by atoms with Gasteiger partial charge >= 0.3 is 0 Å². The molecule has 0 spiro atoms. The lowest BCUT2D eigenvalue weighted by Gasteiger charge is -2.31. The van der Waals surface area contributed by atoms with Crippen LogP contribution in [0.25, 0.3) is 0 Å². The van der Waals surface area contributed by atoms with Gasteiger partial charge in [-0.15, -0.1) is 6.42 Å². The summed E-state index contributed by atoms with van der Waals surface area (Å²) >= 11 is 0. The van der Waals surface area contributed by atoms with Crippen molar-refractivity contribution in [3.63, 3.8) is 0 Å². The minimum absolute atomic E-state index is 0.238. The minimum Gasteiger partial charge on any atom is -0.376 e. The Balaban J connectivity index is 4.35. The molecule has 0 aliphatic carbocycles. The molecule has 0 radical (unpaired) electrons. The summed E-state index contributed by atoms with van der Waals surface area (Å²) in [7, 11) is 1.63. The smallest absolute Gasteiger partial charge is 0.110 e. The van der Waals surface area contributed by atoms with E-state index in [9.17, 15) is 0 Å². The van der Waals surface area contributed by atoms with E-state index in [-0.39, 0.29) is 11.6 Å². The van der Waals surface area contributed by atoms with Crippen molar-refractivity contribution in [3.05, 3.63) is 0 Å². The molecule has 0 saturated carbocycles. The van der Waals surface area contributed by atoms with Gasteiger partial charge in [0.15, 0.2) is 0 Å². The molecule has 0 saturated heterocycles. The Morgan fingerprint density at radius 2 is 2.36 bits per heavy atom. The van der Waals surface area contributed by atoms with Crippen LogP contribution in [0.3, 0.4) is 0 Å². The van der Waals surface area contributed by atoms with Gasteiger partial charge in [-0.05, 0) is 13.3 Å². The monoisotopic (exact) mass is 156 g/mol. The van der Waals surface area contributed by atoms with Crippen LogP contribution >= 0.6 is 0 Å². The fourth-order valence-corrected chi connectivity index (χ4v) is 0.867. The third-order valence-corrected chi connectivity index (χ3v) is 2.11. The number of nitrogens with one attached hydrogen (secondary N) is 1. The highest BCUT2D eigenvalue weighted by molar-refractivity contribution is 5.07. The van der Waals surface area contributed by atoms with Crippen molar-refractivity contribution in [2.45, 2.75) is 31.9 Å². The second kappa shape index (κ2) is 4.35. The SMILES string of the molecule is C#CC(NN)C(C)(CC)OC. The highest BCUT2D eigenvalue weighted by atomic mass is 16.5. The van der Waals surface area contributed by atoms with Crippen LogP contribution in [-0.2, 0) is 4.74 Å². The molecule has 0 aliphatic rings. The van der Waals surface area contributed by atoms with Crippen LogP contribution in [0.4, 0.5) is 0 Å². The normalized spacial score (nSPS) is 18.5. The molecule has 0 rings (SSSR count). The Morgan fingerprint density at radius 1 is 1.82 bits per heavy atom. The Morgan fingerprint density at radius 3 is 2.45 bits per heavy atom. The van der Waals surface area contributed by atoms with E-state index in [0.717, 1.165) is 6.42 Å². The van der Waals surface area contributed by atoms with Crippen molar-refractivity contribution < 1.29 is 4.74 Å². The lowest BCUT2D eigenvalue weighted by molar-refractivity contribution is -0.0137. The number of terminal acetylenes is 1. The van der Waals surface area contributed by atoms with Gasteiger partial charge in [0.05, 0.1) is 5.60 Å². The number of methoxy groups -OCH3 is 1. The van der Waals surface area contributed by atoms with Gasteiger partial charge in [0, 0.05) is 7.11 Å². The molecule has 2 atom stereocenters. The summed E-state index contributed by atoms with van der Waals surface area (Å²) in [6, 6.07) is -0.238. The molecular formula is C8H16N2O. The highest BCUT2D eigenvalue weighted by Crippen LogP contribution is 2.17. The summed E-state index contributed by atoms with van der Waals surface area (Å²) in [6.07, 6.45) is 6.07. The van der Waals surface area contributed by atoms with E-state index in [1.807, 2.05) is 13.8 Å². The van der Waals surface area contributed by atoms with Crippen LogP contribution in [0.2, 0.25) is 0 Å². The van der Waals surface area contributed by atoms with Crippen molar-refractivity contribution in [2.75, 3.05) is 7.11 Å². The number of hydrogen-bond acceptors (Lipinski definition) is 3. The van der Waals surface area contributed by atoms with E-state index in [0.29, 0.717) is 0 Å². The predicted molar refractivity (Wildman–Crippen MR) is 45.6 cm³/mol. The molecule has 0 heterocycles. The average Bonchev–Trinajstić information content (AvgIpc) is 2.06. The van der Waals surface area contributed by atoms with Crippen LogP contribution < -0.4 is 11.3 Å². The van der Waals surface area contributed by atoms with E-state index < -0.39 is 0 Å². The van der Waals surface area contributed by atoms with E-state index in [1.54, 1.807) is 7.11 Å². The van der Waals surface area contributed by atoms with Crippen molar-refractivity contribution in [1.29, 1.82) is 0 Å². The molecule has 0 aromatic carbocycles. The Hall–Kier alpha value is -0.560. The number of nitrogens with two attached hydrogens (primary N) is 1. The predicted octanol–water partition coefficient (Wildman–Crippen LogP) is 0.267. The molecular weight excluding hydrogens is 140 g/mol. The Kier molecular flexibility index (Phi) is 4.12. The second-order valence-corrected chi connectivity index (χ2v) is 2.64. The van der Waals surface area contributed by atoms with E-state index in [4.69, 9.17) is 17.0 Å². The fourth-order valence-electron chi connectivity index (χ4n) is 0.867. The first kappa shape index (κ1) is 10.4. The molecule has 0 aromatic heterocycles. The summed E-state index contributed by atoms with van der Waals surface area (Å²) in [6.45, 7) is 3.93. The van der Waals surface area contributed by atoms with Gasteiger partial charge in [-0.2, -0.15) is 0 Å². The molecule has 3 N–H and O–H groups in total. The van der Waals surface area contributed by atoms with Crippen molar-refractivity contribution in [1.82, 2.24) is 5.43 Å². The fraction of sp³-hybridized carbons (Fsp3) is 0.750. The molecule has 0 amide bonds. The highest BCUT2D eigenvalue weighted by Gasteiger charge is 2.30. The zero-order valence-corrected chi connectivity index (χ0v) is 7.35. The van der Waals surface area contributed by atoms with Crippen molar-refractivity contribution >= 4 is 0 Å². The molecule has 64 valence electrons. The van der Waals surface area contributed by atoms with E-state index in [1.165, 1.54) is 0 Å². The minimum atomic E-state index is -0.372. The second-order valence-electron chi connectivity index (χ2n) is 2.64. The maximum Gasteiger partial charge on any atom is 0.110 e. The van der Waals surface area contributed by atoms with Crippen LogP contribution in [0.5, 0.6) is 0 Å². The molecule has 0 aromatic rings. The first-order valence-corrected chi connectivity index (χ1v) is 3.62. The van der Waals surface area contributed by atoms with Gasteiger partial charge in [-0.25, -0.2) is 5.43 Å². The van der Waals surface area contributed by atoms with Gasteiger partial charge in [-0.3, -0.25) is 5.84 Å². The number of hydrogen-bond donors (Lipinski definition) is 2.